The standard InChI is InChI=1S/C17H18BrNO4/c1-3-22-17(21)12(2)19(11-13-7-5-4-6-8-13)16(20)14-9-10-15(18)23-14/h4-10,12H,3,11H2,1-2H3. The Morgan fingerprint density at radius 2 is 1.91 bits per heavy atom. The van der Waals surface area contributed by atoms with Crippen LogP contribution in [0, 0.1) is 0 Å². The number of benzene rings is 1. The number of amides is 1. The zero-order chi connectivity index (χ0) is 16.8. The molecular formula is C17H18BrNO4. The molecule has 0 spiro atoms. The van der Waals surface area contributed by atoms with Crippen LogP contribution in [-0.4, -0.2) is 29.4 Å². The third-order valence-electron chi connectivity index (χ3n) is 3.34. The number of ether oxygens (including phenoxy) is 1. The monoisotopic (exact) mass is 379 g/mol. The summed E-state index contributed by atoms with van der Waals surface area (Å²) in [6, 6.07) is 12.0. The van der Waals surface area contributed by atoms with Crippen LogP contribution in [0.1, 0.15) is 30.0 Å². The van der Waals surface area contributed by atoms with Gasteiger partial charge in [0.15, 0.2) is 10.4 Å². The minimum absolute atomic E-state index is 0.170. The fourth-order valence-corrected chi connectivity index (χ4v) is 2.43. The summed E-state index contributed by atoms with van der Waals surface area (Å²) >= 11 is 3.18. The van der Waals surface area contributed by atoms with Gasteiger partial charge in [-0.25, -0.2) is 4.79 Å². The van der Waals surface area contributed by atoms with E-state index in [4.69, 9.17) is 9.15 Å². The highest BCUT2D eigenvalue weighted by molar-refractivity contribution is 9.10. The molecule has 0 saturated heterocycles. The molecule has 0 saturated carbocycles. The van der Waals surface area contributed by atoms with Gasteiger partial charge in [0, 0.05) is 6.54 Å². The predicted molar refractivity (Wildman–Crippen MR) is 88.8 cm³/mol. The summed E-state index contributed by atoms with van der Waals surface area (Å²) in [5.41, 5.74) is 0.919. The first-order chi connectivity index (χ1) is 11.0. The number of nitrogens with zero attached hydrogens (tertiary/aromatic N) is 1. The third-order valence-corrected chi connectivity index (χ3v) is 3.76. The predicted octanol–water partition coefficient (Wildman–Crippen LogP) is 3.64. The van der Waals surface area contributed by atoms with Crippen molar-refractivity contribution in [3.05, 3.63) is 58.5 Å². The van der Waals surface area contributed by atoms with E-state index in [0.717, 1.165) is 5.56 Å². The van der Waals surface area contributed by atoms with E-state index in [-0.39, 0.29) is 24.8 Å². The number of esters is 1. The normalized spacial score (nSPS) is 11.8. The van der Waals surface area contributed by atoms with Crippen molar-refractivity contribution < 1.29 is 18.7 Å². The zero-order valence-corrected chi connectivity index (χ0v) is 14.6. The van der Waals surface area contributed by atoms with E-state index in [2.05, 4.69) is 15.9 Å². The SMILES string of the molecule is CCOC(=O)C(C)N(Cc1ccccc1)C(=O)c1ccc(Br)o1. The number of carbonyl (C=O) groups excluding carboxylic acids is 2. The lowest BCUT2D eigenvalue weighted by molar-refractivity contribution is -0.148. The Bertz CT molecular complexity index is 668. The minimum Gasteiger partial charge on any atom is -0.464 e. The van der Waals surface area contributed by atoms with E-state index in [0.29, 0.717) is 4.67 Å². The highest BCUT2D eigenvalue weighted by Gasteiger charge is 2.29. The molecule has 23 heavy (non-hydrogen) atoms. The first kappa shape index (κ1) is 17.3. The number of hydrogen-bond donors (Lipinski definition) is 0. The van der Waals surface area contributed by atoms with Crippen LogP contribution in [0.25, 0.3) is 0 Å². The maximum absolute atomic E-state index is 12.7. The van der Waals surface area contributed by atoms with Gasteiger partial charge in [-0.2, -0.15) is 0 Å². The maximum Gasteiger partial charge on any atom is 0.328 e. The van der Waals surface area contributed by atoms with Gasteiger partial charge < -0.3 is 14.1 Å². The van der Waals surface area contributed by atoms with Crippen LogP contribution in [0.15, 0.2) is 51.6 Å². The van der Waals surface area contributed by atoms with Crippen LogP contribution >= 0.6 is 15.9 Å². The molecular weight excluding hydrogens is 362 g/mol. The zero-order valence-electron chi connectivity index (χ0n) is 13.0. The Morgan fingerprint density at radius 3 is 2.48 bits per heavy atom. The summed E-state index contributed by atoms with van der Waals surface area (Å²) in [6.45, 7) is 3.94. The third kappa shape index (κ3) is 4.45. The van der Waals surface area contributed by atoms with Gasteiger partial charge in [-0.3, -0.25) is 4.79 Å². The Morgan fingerprint density at radius 1 is 1.22 bits per heavy atom. The van der Waals surface area contributed by atoms with Crippen LogP contribution in [0.2, 0.25) is 0 Å². The molecule has 2 aromatic rings. The molecule has 0 radical (unpaired) electrons. The Hall–Kier alpha value is -2.08. The fraction of sp³-hybridized carbons (Fsp3) is 0.294. The van der Waals surface area contributed by atoms with Crippen molar-refractivity contribution in [2.75, 3.05) is 6.61 Å². The molecule has 2 rings (SSSR count). The van der Waals surface area contributed by atoms with E-state index in [9.17, 15) is 9.59 Å². The van der Waals surface area contributed by atoms with Crippen LogP contribution in [0.5, 0.6) is 0 Å². The quantitative estimate of drug-likeness (QED) is 0.718. The average molecular weight is 380 g/mol. The van der Waals surface area contributed by atoms with Gasteiger partial charge in [0.05, 0.1) is 6.61 Å². The first-order valence-electron chi connectivity index (χ1n) is 7.29. The molecule has 1 unspecified atom stereocenters. The summed E-state index contributed by atoms with van der Waals surface area (Å²) in [5, 5.41) is 0. The molecule has 1 aromatic carbocycles. The summed E-state index contributed by atoms with van der Waals surface area (Å²) < 4.78 is 10.8. The smallest absolute Gasteiger partial charge is 0.328 e. The van der Waals surface area contributed by atoms with Gasteiger partial charge in [-0.15, -0.1) is 0 Å². The fourth-order valence-electron chi connectivity index (χ4n) is 2.13. The van der Waals surface area contributed by atoms with Crippen molar-refractivity contribution >= 4 is 27.8 Å². The van der Waals surface area contributed by atoms with Crippen molar-refractivity contribution in [3.8, 4) is 0 Å². The van der Waals surface area contributed by atoms with E-state index < -0.39 is 12.0 Å². The second kappa shape index (κ2) is 7.97. The Balaban J connectivity index is 2.26. The molecule has 5 nitrogen and oxygen atoms in total. The Labute approximate surface area is 143 Å². The largest absolute Gasteiger partial charge is 0.464 e. The van der Waals surface area contributed by atoms with Crippen molar-refractivity contribution in [1.82, 2.24) is 4.90 Å². The molecule has 1 amide bonds. The number of hydrogen-bond acceptors (Lipinski definition) is 4. The molecule has 1 aromatic heterocycles. The second-order valence-electron chi connectivity index (χ2n) is 4.95. The second-order valence-corrected chi connectivity index (χ2v) is 5.73. The van der Waals surface area contributed by atoms with Gasteiger partial charge in [0.1, 0.15) is 6.04 Å². The van der Waals surface area contributed by atoms with Gasteiger partial charge in [-0.1, -0.05) is 30.3 Å². The van der Waals surface area contributed by atoms with Gasteiger partial charge in [0.2, 0.25) is 0 Å². The summed E-state index contributed by atoms with van der Waals surface area (Å²) in [6.07, 6.45) is 0. The van der Waals surface area contributed by atoms with Crippen LogP contribution in [-0.2, 0) is 16.1 Å². The lowest BCUT2D eigenvalue weighted by Crippen LogP contribution is -2.43. The minimum atomic E-state index is -0.716. The van der Waals surface area contributed by atoms with Crippen molar-refractivity contribution in [1.29, 1.82) is 0 Å². The number of furan rings is 1. The van der Waals surface area contributed by atoms with Gasteiger partial charge >= 0.3 is 5.97 Å². The molecule has 1 heterocycles. The lowest BCUT2D eigenvalue weighted by Gasteiger charge is -2.27. The molecule has 122 valence electrons. The van der Waals surface area contributed by atoms with Gasteiger partial charge in [-0.05, 0) is 47.5 Å². The first-order valence-corrected chi connectivity index (χ1v) is 8.09. The van der Waals surface area contributed by atoms with E-state index in [1.54, 1.807) is 26.0 Å². The number of halogens is 1. The van der Waals surface area contributed by atoms with E-state index >= 15 is 0 Å². The summed E-state index contributed by atoms with van der Waals surface area (Å²) in [5.74, 6) is -0.633. The van der Waals surface area contributed by atoms with E-state index in [1.165, 1.54) is 4.90 Å². The van der Waals surface area contributed by atoms with Crippen LogP contribution < -0.4 is 0 Å². The average Bonchev–Trinajstić information content (AvgIpc) is 2.99. The van der Waals surface area contributed by atoms with Crippen molar-refractivity contribution in [2.45, 2.75) is 26.4 Å². The molecule has 0 N–H and O–H groups in total. The van der Waals surface area contributed by atoms with Crippen LogP contribution in [0.4, 0.5) is 0 Å². The molecule has 0 fully saturated rings. The molecule has 0 aliphatic rings. The summed E-state index contributed by atoms with van der Waals surface area (Å²) in [4.78, 5) is 26.2. The van der Waals surface area contributed by atoms with E-state index in [1.807, 2.05) is 30.3 Å². The molecule has 6 heteroatoms. The highest BCUT2D eigenvalue weighted by atomic mass is 79.9. The van der Waals surface area contributed by atoms with Gasteiger partial charge in [0.25, 0.3) is 5.91 Å². The van der Waals surface area contributed by atoms with Crippen LogP contribution in [0.3, 0.4) is 0 Å². The topological polar surface area (TPSA) is 59.8 Å². The molecule has 0 aliphatic carbocycles. The summed E-state index contributed by atoms with van der Waals surface area (Å²) in [7, 11) is 0. The molecule has 0 aliphatic heterocycles. The van der Waals surface area contributed by atoms with Crippen molar-refractivity contribution in [3.63, 3.8) is 0 Å². The maximum atomic E-state index is 12.7. The molecule has 1 atom stereocenters. The molecule has 0 bridgehead atoms. The van der Waals surface area contributed by atoms with Crippen molar-refractivity contribution in [2.24, 2.45) is 0 Å². The highest BCUT2D eigenvalue weighted by Crippen LogP contribution is 2.19. The number of rotatable bonds is 6. The Kier molecular flexibility index (Phi) is 5.98. The lowest BCUT2D eigenvalue weighted by atomic mass is 10.1. The number of carbonyl (C=O) groups is 2.